The first-order chi connectivity index (χ1) is 11.8. The molecule has 2 N–H and O–H groups in total. The highest BCUT2D eigenvalue weighted by molar-refractivity contribution is 7.18. The summed E-state index contributed by atoms with van der Waals surface area (Å²) in [5.74, 6) is 0.906. The average molecular weight is 343 g/mol. The Bertz CT molecular complexity index is 856. The molecule has 3 heterocycles. The number of aliphatic hydroxyl groups excluding tert-OH is 1. The molecule has 0 spiro atoms. The number of anilines is 1. The Morgan fingerprint density at radius 3 is 3.17 bits per heavy atom. The third-order valence-electron chi connectivity index (χ3n) is 4.61. The predicted octanol–water partition coefficient (Wildman–Crippen LogP) is 2.93. The molecule has 0 bridgehead atoms. The normalized spacial score (nSPS) is 17.2. The van der Waals surface area contributed by atoms with Crippen LogP contribution in [0.4, 0.5) is 5.82 Å². The van der Waals surface area contributed by atoms with E-state index in [1.807, 2.05) is 10.9 Å². The van der Waals surface area contributed by atoms with Crippen LogP contribution in [0, 0.1) is 0 Å². The van der Waals surface area contributed by atoms with E-state index < -0.39 is 0 Å². The van der Waals surface area contributed by atoms with Gasteiger partial charge in [0.05, 0.1) is 30.8 Å². The van der Waals surface area contributed by atoms with Gasteiger partial charge in [-0.15, -0.1) is 11.3 Å². The third kappa shape index (κ3) is 2.67. The molecule has 0 aromatic carbocycles. The lowest BCUT2D eigenvalue weighted by atomic mass is 9.93. The molecule has 0 saturated carbocycles. The van der Waals surface area contributed by atoms with E-state index in [1.165, 1.54) is 16.1 Å². The predicted molar refractivity (Wildman–Crippen MR) is 95.4 cm³/mol. The molecule has 6 nitrogen and oxygen atoms in total. The minimum absolute atomic E-state index is 0.118. The molecule has 4 rings (SSSR count). The van der Waals surface area contributed by atoms with E-state index in [-0.39, 0.29) is 12.6 Å². The first-order valence-corrected chi connectivity index (χ1v) is 9.27. The largest absolute Gasteiger partial charge is 0.394 e. The summed E-state index contributed by atoms with van der Waals surface area (Å²) in [4.78, 5) is 11.2. The van der Waals surface area contributed by atoms with Gasteiger partial charge >= 0.3 is 0 Å². The van der Waals surface area contributed by atoms with Gasteiger partial charge in [-0.05, 0) is 31.7 Å². The molecular formula is C17H21N5OS. The van der Waals surface area contributed by atoms with Crippen molar-refractivity contribution in [2.75, 3.05) is 11.9 Å². The van der Waals surface area contributed by atoms with Gasteiger partial charge < -0.3 is 10.4 Å². The van der Waals surface area contributed by atoms with Crippen LogP contribution in [0.15, 0.2) is 18.6 Å². The van der Waals surface area contributed by atoms with Gasteiger partial charge in [-0.3, -0.25) is 4.68 Å². The Morgan fingerprint density at radius 2 is 2.33 bits per heavy atom. The van der Waals surface area contributed by atoms with E-state index in [0.717, 1.165) is 41.7 Å². The molecule has 0 amide bonds. The van der Waals surface area contributed by atoms with Crippen molar-refractivity contribution in [3.8, 4) is 0 Å². The zero-order valence-corrected chi connectivity index (χ0v) is 14.5. The van der Waals surface area contributed by atoms with Gasteiger partial charge in [-0.2, -0.15) is 5.10 Å². The molecule has 3 aromatic heterocycles. The molecule has 7 heteroatoms. The summed E-state index contributed by atoms with van der Waals surface area (Å²) in [5.41, 5.74) is 2.46. The van der Waals surface area contributed by atoms with Crippen LogP contribution in [0.2, 0.25) is 0 Å². The number of hydrogen-bond acceptors (Lipinski definition) is 6. The van der Waals surface area contributed by atoms with Crippen LogP contribution in [0.25, 0.3) is 10.2 Å². The molecule has 1 aliphatic rings. The number of hydrogen-bond donors (Lipinski definition) is 2. The van der Waals surface area contributed by atoms with Gasteiger partial charge in [0.2, 0.25) is 0 Å². The number of aryl methyl sites for hydroxylation is 1. The van der Waals surface area contributed by atoms with Crippen LogP contribution in [0.3, 0.4) is 0 Å². The van der Waals surface area contributed by atoms with Crippen molar-refractivity contribution in [3.63, 3.8) is 0 Å². The fraction of sp³-hybridized carbons (Fsp3) is 0.471. The highest BCUT2D eigenvalue weighted by atomic mass is 32.1. The maximum absolute atomic E-state index is 9.19. The standard InChI is InChI=1S/C17H21N5OS/c1-2-11-8-12-16(18-10-19-17(12)24-11)21-14-4-3-5-15-13(14)9-20-22(15)6-7-23/h8-10,14,23H,2-7H2,1H3,(H,18,19,21). The average Bonchev–Trinajstić information content (AvgIpc) is 3.21. The minimum Gasteiger partial charge on any atom is -0.394 e. The summed E-state index contributed by atoms with van der Waals surface area (Å²) in [5, 5.41) is 18.4. The van der Waals surface area contributed by atoms with Gasteiger partial charge in [-0.1, -0.05) is 6.92 Å². The molecule has 3 aromatic rings. The summed E-state index contributed by atoms with van der Waals surface area (Å²) in [6.45, 7) is 2.84. The second kappa shape index (κ2) is 6.49. The Balaban J connectivity index is 1.66. The maximum atomic E-state index is 9.19. The summed E-state index contributed by atoms with van der Waals surface area (Å²) < 4.78 is 1.93. The quantitative estimate of drug-likeness (QED) is 0.745. The fourth-order valence-electron chi connectivity index (χ4n) is 3.42. The summed E-state index contributed by atoms with van der Waals surface area (Å²) >= 11 is 1.73. The lowest BCUT2D eigenvalue weighted by molar-refractivity contribution is 0.266. The SMILES string of the molecule is CCc1cc2c(NC3CCCc4c3cnn4CCO)ncnc2s1. The molecule has 126 valence electrons. The molecule has 24 heavy (non-hydrogen) atoms. The van der Waals surface area contributed by atoms with Crippen LogP contribution in [-0.4, -0.2) is 31.5 Å². The maximum Gasteiger partial charge on any atom is 0.138 e. The van der Waals surface area contributed by atoms with Crippen molar-refractivity contribution < 1.29 is 5.11 Å². The molecule has 0 radical (unpaired) electrons. The van der Waals surface area contributed by atoms with Gasteiger partial charge in [0.1, 0.15) is 17.0 Å². The smallest absolute Gasteiger partial charge is 0.138 e. The van der Waals surface area contributed by atoms with Crippen molar-refractivity contribution in [1.82, 2.24) is 19.7 Å². The van der Waals surface area contributed by atoms with Crippen LogP contribution < -0.4 is 5.32 Å². The Kier molecular flexibility index (Phi) is 4.20. The number of nitrogens with zero attached hydrogens (tertiary/aromatic N) is 4. The number of aromatic nitrogens is 4. The molecule has 0 aliphatic heterocycles. The molecular weight excluding hydrogens is 322 g/mol. The zero-order valence-electron chi connectivity index (χ0n) is 13.7. The van der Waals surface area contributed by atoms with Crippen LogP contribution in [0.5, 0.6) is 0 Å². The minimum atomic E-state index is 0.118. The zero-order chi connectivity index (χ0) is 16.5. The number of nitrogens with one attached hydrogen (secondary N) is 1. The van der Waals surface area contributed by atoms with E-state index >= 15 is 0 Å². The second-order valence-electron chi connectivity index (χ2n) is 6.09. The Labute approximate surface area is 144 Å². The Hall–Kier alpha value is -1.99. The third-order valence-corrected chi connectivity index (χ3v) is 5.80. The highest BCUT2D eigenvalue weighted by Crippen LogP contribution is 2.35. The number of thiophene rings is 1. The van der Waals surface area contributed by atoms with Gasteiger partial charge in [0, 0.05) is 16.1 Å². The van der Waals surface area contributed by atoms with Gasteiger partial charge in [0.25, 0.3) is 0 Å². The first-order valence-electron chi connectivity index (χ1n) is 8.45. The number of aliphatic hydroxyl groups is 1. The van der Waals surface area contributed by atoms with Crippen LogP contribution >= 0.6 is 11.3 Å². The summed E-state index contributed by atoms with van der Waals surface area (Å²) in [6.07, 6.45) is 7.78. The first kappa shape index (κ1) is 15.5. The van der Waals surface area contributed by atoms with Crippen LogP contribution in [-0.2, 0) is 19.4 Å². The number of rotatable bonds is 5. The monoisotopic (exact) mass is 343 g/mol. The molecule has 1 atom stereocenters. The molecule has 1 unspecified atom stereocenters. The lowest BCUT2D eigenvalue weighted by Crippen LogP contribution is -2.19. The van der Waals surface area contributed by atoms with Gasteiger partial charge in [0.15, 0.2) is 0 Å². The number of fused-ring (bicyclic) bond motifs is 2. The lowest BCUT2D eigenvalue weighted by Gasteiger charge is -2.24. The Morgan fingerprint density at radius 1 is 1.42 bits per heavy atom. The molecule has 1 aliphatic carbocycles. The highest BCUT2D eigenvalue weighted by Gasteiger charge is 2.25. The van der Waals surface area contributed by atoms with Crippen LogP contribution in [0.1, 0.15) is 41.9 Å². The van der Waals surface area contributed by atoms with Crippen molar-refractivity contribution in [3.05, 3.63) is 34.7 Å². The molecule has 0 saturated heterocycles. The van der Waals surface area contributed by atoms with E-state index in [9.17, 15) is 5.11 Å². The fourth-order valence-corrected chi connectivity index (χ4v) is 4.35. The summed E-state index contributed by atoms with van der Waals surface area (Å²) in [6, 6.07) is 2.41. The second-order valence-corrected chi connectivity index (χ2v) is 7.21. The molecule has 0 fully saturated rings. The van der Waals surface area contributed by atoms with Crippen molar-refractivity contribution in [2.24, 2.45) is 0 Å². The van der Waals surface area contributed by atoms with Gasteiger partial charge in [-0.25, -0.2) is 9.97 Å². The van der Waals surface area contributed by atoms with Crippen molar-refractivity contribution in [1.29, 1.82) is 0 Å². The topological polar surface area (TPSA) is 75.9 Å². The van der Waals surface area contributed by atoms with Crippen molar-refractivity contribution >= 4 is 27.4 Å². The van der Waals surface area contributed by atoms with E-state index in [2.05, 4.69) is 33.4 Å². The van der Waals surface area contributed by atoms with E-state index in [4.69, 9.17) is 0 Å². The van der Waals surface area contributed by atoms with E-state index in [0.29, 0.717) is 6.54 Å². The van der Waals surface area contributed by atoms with Crippen molar-refractivity contribution in [2.45, 2.75) is 45.2 Å². The van der Waals surface area contributed by atoms with E-state index in [1.54, 1.807) is 17.7 Å². The summed E-state index contributed by atoms with van der Waals surface area (Å²) in [7, 11) is 0.